The first-order valence-corrected chi connectivity index (χ1v) is 5.67. The largest absolute Gasteiger partial charge is 0.394 e. The Kier molecular flexibility index (Phi) is 5.70. The summed E-state index contributed by atoms with van der Waals surface area (Å²) in [4.78, 5) is 5.19. The molecule has 0 spiro atoms. The highest BCUT2D eigenvalue weighted by atomic mass is 19.4. The summed E-state index contributed by atoms with van der Waals surface area (Å²) in [6, 6.07) is 0. The van der Waals surface area contributed by atoms with Crippen molar-refractivity contribution in [1.82, 2.24) is 15.0 Å². The van der Waals surface area contributed by atoms with Crippen LogP contribution in [-0.4, -0.2) is 57.2 Å². The summed E-state index contributed by atoms with van der Waals surface area (Å²) in [7, 11) is 0. The van der Waals surface area contributed by atoms with E-state index in [4.69, 9.17) is 9.63 Å². The van der Waals surface area contributed by atoms with Crippen molar-refractivity contribution in [1.29, 1.82) is 0 Å². The molecule has 9 heteroatoms. The van der Waals surface area contributed by atoms with Crippen molar-refractivity contribution in [3.8, 4) is 0 Å². The second-order valence-electron chi connectivity index (χ2n) is 4.17. The Labute approximate surface area is 107 Å². The molecule has 0 unspecified atom stereocenters. The molecule has 0 aromatic carbocycles. The number of aryl methyl sites for hydroxylation is 1. The van der Waals surface area contributed by atoms with Gasteiger partial charge in [-0.1, -0.05) is 5.16 Å². The van der Waals surface area contributed by atoms with Crippen LogP contribution < -0.4 is 0 Å². The average molecular weight is 283 g/mol. The van der Waals surface area contributed by atoms with Gasteiger partial charge in [0.25, 0.3) is 0 Å². The van der Waals surface area contributed by atoms with Crippen LogP contribution in [0.2, 0.25) is 0 Å². The molecular formula is C10H16F3N3O3. The number of hydrogen-bond acceptors (Lipinski definition) is 6. The lowest BCUT2D eigenvalue weighted by Crippen LogP contribution is -2.36. The Balaban J connectivity index is 2.58. The van der Waals surface area contributed by atoms with Crippen LogP contribution in [0.15, 0.2) is 4.52 Å². The predicted octanol–water partition coefficient (Wildman–Crippen LogP) is 0.486. The minimum Gasteiger partial charge on any atom is -0.394 e. The fourth-order valence-electron chi connectivity index (χ4n) is 1.47. The first-order valence-electron chi connectivity index (χ1n) is 5.67. The molecule has 0 radical (unpaired) electrons. The zero-order valence-electron chi connectivity index (χ0n) is 10.4. The van der Waals surface area contributed by atoms with Gasteiger partial charge in [-0.15, -0.1) is 0 Å². The number of halogens is 3. The minimum atomic E-state index is -4.28. The SMILES string of the molecule is Cc1noc(CN(CCC(F)(F)F)C[C@H](O)CO)n1. The average Bonchev–Trinajstić information content (AvgIpc) is 2.70. The van der Waals surface area contributed by atoms with Gasteiger partial charge >= 0.3 is 6.18 Å². The minimum absolute atomic E-state index is 0.00597. The van der Waals surface area contributed by atoms with Crippen LogP contribution in [0.25, 0.3) is 0 Å². The summed E-state index contributed by atoms with van der Waals surface area (Å²) >= 11 is 0. The van der Waals surface area contributed by atoms with Crippen molar-refractivity contribution in [2.75, 3.05) is 19.7 Å². The summed E-state index contributed by atoms with van der Waals surface area (Å²) in [5, 5.41) is 21.6. The molecule has 1 atom stereocenters. The van der Waals surface area contributed by atoms with E-state index in [1.54, 1.807) is 6.92 Å². The van der Waals surface area contributed by atoms with E-state index in [2.05, 4.69) is 10.1 Å². The normalized spacial score (nSPS) is 14.1. The van der Waals surface area contributed by atoms with E-state index in [1.165, 1.54) is 4.90 Å². The van der Waals surface area contributed by atoms with Crippen molar-refractivity contribution in [3.05, 3.63) is 11.7 Å². The van der Waals surface area contributed by atoms with Crippen molar-refractivity contribution in [3.63, 3.8) is 0 Å². The predicted molar refractivity (Wildman–Crippen MR) is 58.1 cm³/mol. The highest BCUT2D eigenvalue weighted by molar-refractivity contribution is 4.83. The Morgan fingerprint density at radius 3 is 2.58 bits per heavy atom. The molecule has 0 aliphatic rings. The quantitative estimate of drug-likeness (QED) is 0.757. The molecule has 0 saturated heterocycles. The molecule has 1 rings (SSSR count). The molecule has 19 heavy (non-hydrogen) atoms. The zero-order valence-corrected chi connectivity index (χ0v) is 10.4. The fourth-order valence-corrected chi connectivity index (χ4v) is 1.47. The molecule has 0 bridgehead atoms. The van der Waals surface area contributed by atoms with E-state index in [1.807, 2.05) is 0 Å². The smallest absolute Gasteiger partial charge is 0.390 e. The maximum atomic E-state index is 12.2. The highest BCUT2D eigenvalue weighted by Crippen LogP contribution is 2.20. The summed E-state index contributed by atoms with van der Waals surface area (Å²) in [5.74, 6) is 0.554. The third-order valence-electron chi connectivity index (χ3n) is 2.32. The van der Waals surface area contributed by atoms with Gasteiger partial charge in [0.05, 0.1) is 25.7 Å². The van der Waals surface area contributed by atoms with E-state index in [-0.39, 0.29) is 25.5 Å². The number of rotatable bonds is 7. The Hall–Kier alpha value is -1.19. The van der Waals surface area contributed by atoms with Crippen molar-refractivity contribution in [2.45, 2.75) is 32.2 Å². The summed E-state index contributed by atoms with van der Waals surface area (Å²) in [6.07, 6.45) is -6.41. The summed E-state index contributed by atoms with van der Waals surface area (Å²) in [6.45, 7) is 0.644. The molecule has 0 amide bonds. The topological polar surface area (TPSA) is 82.6 Å². The van der Waals surface area contributed by atoms with Gasteiger partial charge in [0.15, 0.2) is 5.82 Å². The Morgan fingerprint density at radius 2 is 2.11 bits per heavy atom. The molecule has 6 nitrogen and oxygen atoms in total. The fraction of sp³-hybridized carbons (Fsp3) is 0.800. The molecule has 110 valence electrons. The van der Waals surface area contributed by atoms with Gasteiger partial charge in [-0.25, -0.2) is 0 Å². The van der Waals surface area contributed by atoms with Crippen LogP contribution in [-0.2, 0) is 6.54 Å². The van der Waals surface area contributed by atoms with Crippen LogP contribution in [0.1, 0.15) is 18.1 Å². The summed E-state index contributed by atoms with van der Waals surface area (Å²) < 4.78 is 41.4. The first kappa shape index (κ1) is 15.9. The number of alkyl halides is 3. The van der Waals surface area contributed by atoms with Crippen molar-refractivity contribution >= 4 is 0 Å². The van der Waals surface area contributed by atoms with Gasteiger partial charge in [0.2, 0.25) is 5.89 Å². The molecule has 0 aliphatic heterocycles. The van der Waals surface area contributed by atoms with Gasteiger partial charge < -0.3 is 14.7 Å². The lowest BCUT2D eigenvalue weighted by Gasteiger charge is -2.23. The number of nitrogens with zero attached hydrogens (tertiary/aromatic N) is 3. The van der Waals surface area contributed by atoms with Crippen LogP contribution in [0.3, 0.4) is 0 Å². The monoisotopic (exact) mass is 283 g/mol. The van der Waals surface area contributed by atoms with Gasteiger partial charge in [-0.3, -0.25) is 4.90 Å². The lowest BCUT2D eigenvalue weighted by molar-refractivity contribution is -0.139. The lowest BCUT2D eigenvalue weighted by atomic mass is 10.3. The maximum Gasteiger partial charge on any atom is 0.390 e. The van der Waals surface area contributed by atoms with E-state index >= 15 is 0 Å². The van der Waals surface area contributed by atoms with E-state index in [0.29, 0.717) is 5.82 Å². The first-order chi connectivity index (χ1) is 8.80. The zero-order chi connectivity index (χ0) is 14.5. The van der Waals surface area contributed by atoms with Gasteiger partial charge in [-0.05, 0) is 6.92 Å². The van der Waals surface area contributed by atoms with Gasteiger partial charge in [0.1, 0.15) is 0 Å². The second kappa shape index (κ2) is 6.83. The van der Waals surface area contributed by atoms with E-state index in [9.17, 15) is 18.3 Å². The second-order valence-corrected chi connectivity index (χ2v) is 4.17. The Bertz CT molecular complexity index is 384. The number of aliphatic hydroxyl groups is 2. The van der Waals surface area contributed by atoms with Crippen LogP contribution in [0, 0.1) is 6.92 Å². The standard InChI is InChI=1S/C10H16F3N3O3/c1-7-14-9(19-15-7)5-16(4-8(18)6-17)3-2-10(11,12)13/h8,17-18H,2-6H2,1H3/t8-/m0/s1. The number of aromatic nitrogens is 2. The summed E-state index contributed by atoms with van der Waals surface area (Å²) in [5.41, 5.74) is 0. The van der Waals surface area contributed by atoms with Crippen LogP contribution in [0.5, 0.6) is 0 Å². The Morgan fingerprint density at radius 1 is 1.42 bits per heavy atom. The molecule has 0 saturated carbocycles. The van der Waals surface area contributed by atoms with E-state index < -0.39 is 25.3 Å². The van der Waals surface area contributed by atoms with E-state index in [0.717, 1.165) is 0 Å². The molecule has 2 N–H and O–H groups in total. The molecule has 0 aliphatic carbocycles. The molecule has 0 fully saturated rings. The number of hydrogen-bond donors (Lipinski definition) is 2. The molecule has 1 heterocycles. The number of aliphatic hydroxyl groups excluding tert-OH is 2. The molecule has 1 aromatic rings. The van der Waals surface area contributed by atoms with Gasteiger partial charge in [-0.2, -0.15) is 18.2 Å². The maximum absolute atomic E-state index is 12.2. The third kappa shape index (κ3) is 6.50. The molecular weight excluding hydrogens is 267 g/mol. The third-order valence-corrected chi connectivity index (χ3v) is 2.32. The molecule has 1 aromatic heterocycles. The van der Waals surface area contributed by atoms with Crippen LogP contribution in [0.4, 0.5) is 13.2 Å². The van der Waals surface area contributed by atoms with Crippen LogP contribution >= 0.6 is 0 Å². The van der Waals surface area contributed by atoms with Gasteiger partial charge in [0, 0.05) is 13.1 Å². The highest BCUT2D eigenvalue weighted by Gasteiger charge is 2.28. The van der Waals surface area contributed by atoms with Crippen molar-refractivity contribution < 1.29 is 27.9 Å². The van der Waals surface area contributed by atoms with Crippen molar-refractivity contribution in [2.24, 2.45) is 0 Å².